The first-order chi connectivity index (χ1) is 9.84. The normalized spacial score (nSPS) is 26.4. The minimum Gasteiger partial charge on any atom is -0.381 e. The topological polar surface area (TPSA) is 9.23 Å². The van der Waals surface area contributed by atoms with E-state index in [1.807, 2.05) is 0 Å². The van der Waals surface area contributed by atoms with Gasteiger partial charge in [-0.2, -0.15) is 0 Å². The Kier molecular flexibility index (Phi) is 5.01. The van der Waals surface area contributed by atoms with Crippen molar-refractivity contribution in [2.24, 2.45) is 5.92 Å². The molecule has 1 aromatic carbocycles. The van der Waals surface area contributed by atoms with Gasteiger partial charge in [-0.15, -0.1) is 11.6 Å². The van der Waals surface area contributed by atoms with Gasteiger partial charge in [0, 0.05) is 12.5 Å². The van der Waals surface area contributed by atoms with Crippen LogP contribution in [0.5, 0.6) is 0 Å². The summed E-state index contributed by atoms with van der Waals surface area (Å²) in [5.74, 6) is 1.26. The fourth-order valence-electron chi connectivity index (χ4n) is 3.66. The number of benzene rings is 1. The zero-order valence-corrected chi connectivity index (χ0v) is 12.9. The summed E-state index contributed by atoms with van der Waals surface area (Å²) in [5, 5.41) is 0.107. The highest BCUT2D eigenvalue weighted by Crippen LogP contribution is 2.36. The van der Waals surface area contributed by atoms with Gasteiger partial charge in [0.15, 0.2) is 0 Å². The van der Waals surface area contributed by atoms with E-state index in [9.17, 15) is 0 Å². The van der Waals surface area contributed by atoms with Gasteiger partial charge >= 0.3 is 0 Å². The second-order valence-corrected chi connectivity index (χ2v) is 6.85. The lowest BCUT2D eigenvalue weighted by Gasteiger charge is -2.27. The molecule has 1 heterocycles. The molecule has 2 heteroatoms. The largest absolute Gasteiger partial charge is 0.381 e. The molecule has 1 saturated carbocycles. The molecule has 1 aliphatic heterocycles. The van der Waals surface area contributed by atoms with Crippen molar-refractivity contribution < 1.29 is 4.74 Å². The second kappa shape index (κ2) is 6.95. The summed E-state index contributed by atoms with van der Waals surface area (Å²) in [7, 11) is 0. The molecule has 20 heavy (non-hydrogen) atoms. The molecule has 0 N–H and O–H groups in total. The molecule has 0 aromatic heterocycles. The quantitative estimate of drug-likeness (QED) is 0.674. The molecule has 1 aliphatic carbocycles. The molecule has 2 unspecified atom stereocenters. The van der Waals surface area contributed by atoms with E-state index in [1.54, 1.807) is 0 Å². The average Bonchev–Trinajstić information content (AvgIpc) is 2.56. The Morgan fingerprint density at radius 2 is 1.70 bits per heavy atom. The summed E-state index contributed by atoms with van der Waals surface area (Å²) < 4.78 is 5.56. The van der Waals surface area contributed by atoms with Crippen molar-refractivity contribution in [2.75, 3.05) is 13.2 Å². The van der Waals surface area contributed by atoms with Crippen molar-refractivity contribution in [3.05, 3.63) is 35.4 Å². The highest BCUT2D eigenvalue weighted by molar-refractivity contribution is 6.21. The van der Waals surface area contributed by atoms with Crippen molar-refractivity contribution in [3.8, 4) is 0 Å². The van der Waals surface area contributed by atoms with E-state index in [2.05, 4.69) is 24.3 Å². The summed E-state index contributed by atoms with van der Waals surface area (Å²) in [4.78, 5) is 0. The molecular weight excluding hydrogens is 268 g/mol. The maximum Gasteiger partial charge on any atom is 0.0635 e. The predicted molar refractivity (Wildman–Crippen MR) is 84.4 cm³/mol. The summed E-state index contributed by atoms with van der Waals surface area (Å²) in [6.45, 7) is 1.72. The molecule has 0 bridgehead atoms. The SMILES string of the molecule is ClC(c1ccc(C2CCCCC2)cc1)C1CCCOC1. The number of hydrogen-bond acceptors (Lipinski definition) is 1. The van der Waals surface area contributed by atoms with Crippen LogP contribution in [0.3, 0.4) is 0 Å². The fraction of sp³-hybridized carbons (Fsp3) is 0.667. The lowest BCUT2D eigenvalue weighted by molar-refractivity contribution is 0.0531. The van der Waals surface area contributed by atoms with E-state index in [-0.39, 0.29) is 5.38 Å². The molecule has 1 saturated heterocycles. The number of ether oxygens (including phenoxy) is 1. The summed E-state index contributed by atoms with van der Waals surface area (Å²) in [6.07, 6.45) is 9.26. The Balaban J connectivity index is 1.65. The van der Waals surface area contributed by atoms with E-state index < -0.39 is 0 Å². The zero-order valence-electron chi connectivity index (χ0n) is 12.2. The Morgan fingerprint density at radius 3 is 2.35 bits per heavy atom. The van der Waals surface area contributed by atoms with Crippen LogP contribution in [-0.4, -0.2) is 13.2 Å². The monoisotopic (exact) mass is 292 g/mol. The Morgan fingerprint density at radius 1 is 0.950 bits per heavy atom. The maximum absolute atomic E-state index is 6.64. The molecule has 3 rings (SSSR count). The van der Waals surface area contributed by atoms with Crippen molar-refractivity contribution in [2.45, 2.75) is 56.2 Å². The summed E-state index contributed by atoms with van der Waals surface area (Å²) >= 11 is 6.64. The second-order valence-electron chi connectivity index (χ2n) is 6.38. The first-order valence-electron chi connectivity index (χ1n) is 8.16. The van der Waals surface area contributed by atoms with Crippen LogP contribution in [0.4, 0.5) is 0 Å². The summed E-state index contributed by atoms with van der Waals surface area (Å²) in [6, 6.07) is 9.11. The Hall–Kier alpha value is -0.530. The lowest BCUT2D eigenvalue weighted by atomic mass is 9.83. The van der Waals surface area contributed by atoms with Gasteiger partial charge in [0.05, 0.1) is 12.0 Å². The molecule has 0 spiro atoms. The van der Waals surface area contributed by atoms with Crippen LogP contribution in [-0.2, 0) is 4.74 Å². The molecule has 2 aliphatic rings. The predicted octanol–water partition coefficient (Wildman–Crippen LogP) is 5.44. The number of hydrogen-bond donors (Lipinski definition) is 0. The molecule has 2 fully saturated rings. The van der Waals surface area contributed by atoms with Crippen LogP contribution in [0.1, 0.15) is 67.4 Å². The molecule has 0 amide bonds. The number of halogens is 1. The average molecular weight is 293 g/mol. The third-order valence-electron chi connectivity index (χ3n) is 4.94. The molecular formula is C18H25ClO. The smallest absolute Gasteiger partial charge is 0.0635 e. The fourth-order valence-corrected chi connectivity index (χ4v) is 4.00. The highest BCUT2D eigenvalue weighted by atomic mass is 35.5. The summed E-state index contributed by atoms with van der Waals surface area (Å²) in [5.41, 5.74) is 2.78. The highest BCUT2D eigenvalue weighted by Gasteiger charge is 2.24. The van der Waals surface area contributed by atoms with E-state index in [1.165, 1.54) is 49.7 Å². The van der Waals surface area contributed by atoms with Gasteiger partial charge in [-0.3, -0.25) is 0 Å². The van der Waals surface area contributed by atoms with Crippen molar-refractivity contribution >= 4 is 11.6 Å². The Labute approximate surface area is 127 Å². The first kappa shape index (κ1) is 14.4. The number of rotatable bonds is 3. The van der Waals surface area contributed by atoms with Crippen molar-refractivity contribution in [1.29, 1.82) is 0 Å². The maximum atomic E-state index is 6.64. The number of alkyl halides is 1. The first-order valence-corrected chi connectivity index (χ1v) is 8.60. The standard InChI is InChI=1S/C18H25ClO/c19-18(17-7-4-12-20-13-17)16-10-8-15(9-11-16)14-5-2-1-3-6-14/h8-11,14,17-18H,1-7,12-13H2. The van der Waals surface area contributed by atoms with Crippen molar-refractivity contribution in [3.63, 3.8) is 0 Å². The minimum absolute atomic E-state index is 0.107. The van der Waals surface area contributed by atoms with Crippen LogP contribution in [0.15, 0.2) is 24.3 Å². The molecule has 1 aromatic rings. The minimum atomic E-state index is 0.107. The molecule has 1 nitrogen and oxygen atoms in total. The Bertz CT molecular complexity index is 402. The van der Waals surface area contributed by atoms with Gasteiger partial charge in [-0.25, -0.2) is 0 Å². The molecule has 2 atom stereocenters. The molecule has 110 valence electrons. The van der Waals surface area contributed by atoms with Crippen LogP contribution < -0.4 is 0 Å². The van der Waals surface area contributed by atoms with Gasteiger partial charge < -0.3 is 4.74 Å². The molecule has 0 radical (unpaired) electrons. The zero-order chi connectivity index (χ0) is 13.8. The van der Waals surface area contributed by atoms with E-state index in [4.69, 9.17) is 16.3 Å². The van der Waals surface area contributed by atoms with Crippen LogP contribution in [0.25, 0.3) is 0 Å². The van der Waals surface area contributed by atoms with Crippen LogP contribution in [0.2, 0.25) is 0 Å². The van der Waals surface area contributed by atoms with Crippen LogP contribution >= 0.6 is 11.6 Å². The lowest BCUT2D eigenvalue weighted by Crippen LogP contribution is -2.21. The van der Waals surface area contributed by atoms with E-state index in [0.29, 0.717) is 5.92 Å². The third-order valence-corrected chi connectivity index (χ3v) is 5.55. The van der Waals surface area contributed by atoms with Gasteiger partial charge in [0.25, 0.3) is 0 Å². The van der Waals surface area contributed by atoms with Crippen LogP contribution in [0, 0.1) is 5.92 Å². The van der Waals surface area contributed by atoms with Gasteiger partial charge in [-0.05, 0) is 42.7 Å². The van der Waals surface area contributed by atoms with E-state index >= 15 is 0 Å². The van der Waals surface area contributed by atoms with E-state index in [0.717, 1.165) is 25.6 Å². The van der Waals surface area contributed by atoms with Crippen molar-refractivity contribution in [1.82, 2.24) is 0 Å². The van der Waals surface area contributed by atoms with Gasteiger partial charge in [0.2, 0.25) is 0 Å². The third kappa shape index (κ3) is 3.38. The van der Waals surface area contributed by atoms with Gasteiger partial charge in [-0.1, -0.05) is 43.5 Å². The van der Waals surface area contributed by atoms with Gasteiger partial charge in [0.1, 0.15) is 0 Å².